The maximum absolute atomic E-state index is 13.1. The Bertz CT molecular complexity index is 1500. The SMILES string of the molecule is Cn1c(=O)c(-c2c(Cl)cccc2Cl)cc2cnc(Nc3ccc(OCCN4CCS(=O)CC4)nn3)nc21. The van der Waals surface area contributed by atoms with Crippen molar-refractivity contribution in [1.29, 1.82) is 0 Å². The summed E-state index contributed by atoms with van der Waals surface area (Å²) in [6.45, 7) is 2.85. The lowest BCUT2D eigenvalue weighted by Crippen LogP contribution is -2.39. The van der Waals surface area contributed by atoms with Crippen molar-refractivity contribution >= 4 is 56.8 Å². The van der Waals surface area contributed by atoms with Crippen LogP contribution in [0, 0.1) is 0 Å². The van der Waals surface area contributed by atoms with Crippen LogP contribution in [0.5, 0.6) is 5.88 Å². The lowest BCUT2D eigenvalue weighted by Gasteiger charge is -2.25. The predicted octanol–water partition coefficient (Wildman–Crippen LogP) is 3.28. The first-order valence-electron chi connectivity index (χ1n) is 11.5. The van der Waals surface area contributed by atoms with Gasteiger partial charge in [0.15, 0.2) is 5.82 Å². The average molecular weight is 560 g/mol. The molecule has 0 saturated carbocycles. The monoisotopic (exact) mass is 559 g/mol. The molecule has 0 bridgehead atoms. The summed E-state index contributed by atoms with van der Waals surface area (Å²) in [4.78, 5) is 24.2. The number of benzene rings is 1. The van der Waals surface area contributed by atoms with Gasteiger partial charge in [-0.05, 0) is 24.3 Å². The number of halogens is 2. The van der Waals surface area contributed by atoms with E-state index in [1.807, 2.05) is 0 Å². The third kappa shape index (κ3) is 5.74. The maximum Gasteiger partial charge on any atom is 0.259 e. The number of aryl methyl sites for hydroxylation is 1. The fraction of sp³-hybridized carbons (Fsp3) is 0.292. The Hall–Kier alpha value is -3.12. The third-order valence-corrected chi connectivity index (χ3v) is 7.89. The van der Waals surface area contributed by atoms with Crippen LogP contribution in [0.1, 0.15) is 0 Å². The topological polar surface area (TPSA) is 115 Å². The molecule has 4 aromatic rings. The van der Waals surface area contributed by atoms with Crippen molar-refractivity contribution in [3.05, 3.63) is 63.0 Å². The summed E-state index contributed by atoms with van der Waals surface area (Å²) in [5, 5.41) is 12.6. The van der Waals surface area contributed by atoms with Gasteiger partial charge in [-0.1, -0.05) is 29.3 Å². The molecular formula is C24H23Cl2N7O3S. The van der Waals surface area contributed by atoms with E-state index >= 15 is 0 Å². The number of aromatic nitrogens is 5. The molecule has 192 valence electrons. The molecule has 10 nitrogen and oxygen atoms in total. The highest BCUT2D eigenvalue weighted by Crippen LogP contribution is 2.33. The van der Waals surface area contributed by atoms with Crippen molar-refractivity contribution in [3.63, 3.8) is 0 Å². The van der Waals surface area contributed by atoms with Crippen molar-refractivity contribution in [3.8, 4) is 17.0 Å². The fourth-order valence-corrected chi connectivity index (χ4v) is 5.73. The van der Waals surface area contributed by atoms with Crippen LogP contribution in [0.25, 0.3) is 22.2 Å². The average Bonchev–Trinajstić information content (AvgIpc) is 2.89. The molecule has 4 heterocycles. The summed E-state index contributed by atoms with van der Waals surface area (Å²) in [6.07, 6.45) is 1.61. The number of hydrogen-bond donors (Lipinski definition) is 1. The Morgan fingerprint density at radius 3 is 2.57 bits per heavy atom. The number of fused-ring (bicyclic) bond motifs is 1. The summed E-state index contributed by atoms with van der Waals surface area (Å²) in [6, 6.07) is 10.2. The molecule has 0 spiro atoms. The lowest BCUT2D eigenvalue weighted by molar-refractivity contribution is 0.215. The van der Waals surface area contributed by atoms with Gasteiger partial charge in [0, 0.05) is 72.2 Å². The van der Waals surface area contributed by atoms with Gasteiger partial charge >= 0.3 is 0 Å². The molecule has 1 aromatic carbocycles. The number of anilines is 2. The molecule has 3 aromatic heterocycles. The minimum Gasteiger partial charge on any atom is -0.475 e. The molecule has 1 N–H and O–H groups in total. The van der Waals surface area contributed by atoms with Gasteiger partial charge in [-0.15, -0.1) is 10.2 Å². The summed E-state index contributed by atoms with van der Waals surface area (Å²) < 4.78 is 18.6. The van der Waals surface area contributed by atoms with Crippen molar-refractivity contribution < 1.29 is 8.95 Å². The molecule has 0 unspecified atom stereocenters. The first-order chi connectivity index (χ1) is 17.9. The quantitative estimate of drug-likeness (QED) is 0.364. The van der Waals surface area contributed by atoms with Gasteiger partial charge in [0.25, 0.3) is 5.56 Å². The zero-order chi connectivity index (χ0) is 25.9. The Labute approximate surface area is 225 Å². The molecule has 37 heavy (non-hydrogen) atoms. The van der Waals surface area contributed by atoms with E-state index < -0.39 is 10.8 Å². The van der Waals surface area contributed by atoms with Crippen molar-refractivity contribution in [2.45, 2.75) is 0 Å². The normalized spacial score (nSPS) is 14.7. The van der Waals surface area contributed by atoms with E-state index in [0.717, 1.165) is 19.6 Å². The van der Waals surface area contributed by atoms with Gasteiger partial charge < -0.3 is 10.1 Å². The van der Waals surface area contributed by atoms with Crippen LogP contribution in [0.4, 0.5) is 11.8 Å². The third-order valence-electron chi connectivity index (χ3n) is 5.99. The largest absolute Gasteiger partial charge is 0.475 e. The van der Waals surface area contributed by atoms with Crippen LogP contribution >= 0.6 is 23.2 Å². The number of nitrogens with zero attached hydrogens (tertiary/aromatic N) is 6. The minimum absolute atomic E-state index is 0.261. The van der Waals surface area contributed by atoms with Crippen molar-refractivity contribution in [2.24, 2.45) is 7.05 Å². The molecule has 5 rings (SSSR count). The van der Waals surface area contributed by atoms with E-state index in [1.54, 1.807) is 49.6 Å². The number of ether oxygens (including phenoxy) is 1. The number of hydrogen-bond acceptors (Lipinski definition) is 9. The van der Waals surface area contributed by atoms with E-state index in [2.05, 4.69) is 30.4 Å². The zero-order valence-corrected chi connectivity index (χ0v) is 22.2. The second-order valence-corrected chi connectivity index (χ2v) is 10.9. The maximum atomic E-state index is 13.1. The highest BCUT2D eigenvalue weighted by molar-refractivity contribution is 7.85. The second-order valence-electron chi connectivity index (χ2n) is 8.41. The molecule has 0 amide bonds. The first kappa shape index (κ1) is 25.5. The Morgan fingerprint density at radius 2 is 1.86 bits per heavy atom. The zero-order valence-electron chi connectivity index (χ0n) is 19.9. The van der Waals surface area contributed by atoms with Crippen molar-refractivity contribution in [1.82, 2.24) is 29.6 Å². The molecule has 1 saturated heterocycles. The Kier molecular flexibility index (Phi) is 7.65. The highest BCUT2D eigenvalue weighted by atomic mass is 35.5. The molecule has 1 aliphatic heterocycles. The molecular weight excluding hydrogens is 537 g/mol. The van der Waals surface area contributed by atoms with Crippen LogP contribution in [0.15, 0.2) is 47.4 Å². The fourth-order valence-electron chi connectivity index (χ4n) is 4.00. The summed E-state index contributed by atoms with van der Waals surface area (Å²) in [7, 11) is 0.938. The Morgan fingerprint density at radius 1 is 1.11 bits per heavy atom. The first-order valence-corrected chi connectivity index (χ1v) is 13.8. The van der Waals surface area contributed by atoms with E-state index in [0.29, 0.717) is 62.0 Å². The van der Waals surface area contributed by atoms with Crippen LogP contribution in [0.3, 0.4) is 0 Å². The number of pyridine rings is 1. The molecule has 0 aliphatic carbocycles. The van der Waals surface area contributed by atoms with Gasteiger partial charge in [0.05, 0.1) is 15.6 Å². The summed E-state index contributed by atoms with van der Waals surface area (Å²) >= 11 is 12.7. The van der Waals surface area contributed by atoms with E-state index in [1.165, 1.54) is 4.57 Å². The number of rotatable bonds is 7. The van der Waals surface area contributed by atoms with Gasteiger partial charge in [-0.3, -0.25) is 18.5 Å². The molecule has 0 atom stereocenters. The van der Waals surface area contributed by atoms with Gasteiger partial charge in [0.1, 0.15) is 12.3 Å². The summed E-state index contributed by atoms with van der Waals surface area (Å²) in [5.74, 6) is 2.51. The Balaban J connectivity index is 1.28. The molecule has 1 fully saturated rings. The van der Waals surface area contributed by atoms with E-state index in [-0.39, 0.29) is 11.5 Å². The standard InChI is InChI=1S/C24H23Cl2N7O3S/c1-32-22-15(13-16(23(32)34)21-17(25)3-2-4-18(21)26)14-27-24(29-22)28-19-5-6-20(31-30-19)36-10-7-33-8-11-37(35)12-9-33/h2-6,13-14H,7-12H2,1H3,(H,27,28,29,30). The van der Waals surface area contributed by atoms with E-state index in [4.69, 9.17) is 27.9 Å². The number of nitrogens with one attached hydrogen (secondary N) is 1. The highest BCUT2D eigenvalue weighted by Gasteiger charge is 2.17. The van der Waals surface area contributed by atoms with Crippen LogP contribution in [-0.2, 0) is 17.8 Å². The van der Waals surface area contributed by atoms with Crippen LogP contribution < -0.4 is 15.6 Å². The molecule has 13 heteroatoms. The van der Waals surface area contributed by atoms with Gasteiger partial charge in [0.2, 0.25) is 11.8 Å². The predicted molar refractivity (Wildman–Crippen MR) is 145 cm³/mol. The van der Waals surface area contributed by atoms with Gasteiger partial charge in [-0.25, -0.2) is 4.98 Å². The lowest BCUT2D eigenvalue weighted by atomic mass is 10.1. The second kappa shape index (κ2) is 11.1. The van der Waals surface area contributed by atoms with Gasteiger partial charge in [-0.2, -0.15) is 4.98 Å². The smallest absolute Gasteiger partial charge is 0.259 e. The van der Waals surface area contributed by atoms with Crippen molar-refractivity contribution in [2.75, 3.05) is 43.1 Å². The molecule has 1 aliphatic rings. The molecule has 0 radical (unpaired) electrons. The summed E-state index contributed by atoms with van der Waals surface area (Å²) in [5.41, 5.74) is 0.988. The van der Waals surface area contributed by atoms with Crippen LogP contribution in [0.2, 0.25) is 10.0 Å². The van der Waals surface area contributed by atoms with E-state index in [9.17, 15) is 9.00 Å². The van der Waals surface area contributed by atoms with Crippen LogP contribution in [-0.4, -0.2) is 71.6 Å². The minimum atomic E-state index is -0.692.